The van der Waals surface area contributed by atoms with Gasteiger partial charge in [0, 0.05) is 0 Å². The predicted molar refractivity (Wildman–Crippen MR) is 148 cm³/mol. The second-order valence-corrected chi connectivity index (χ2v) is 9.36. The quantitative estimate of drug-likeness (QED) is 0.262. The van der Waals surface area contributed by atoms with Gasteiger partial charge in [-0.1, -0.05) is 36.4 Å². The maximum Gasteiger partial charge on any atom is 0.261 e. The van der Waals surface area contributed by atoms with Gasteiger partial charge < -0.3 is 14.2 Å². The molecule has 0 saturated heterocycles. The summed E-state index contributed by atoms with van der Waals surface area (Å²) in [7, 11) is 0. The van der Waals surface area contributed by atoms with Crippen LogP contribution in [0.25, 0.3) is 0 Å². The van der Waals surface area contributed by atoms with Gasteiger partial charge in [-0.3, -0.25) is 29.0 Å². The second kappa shape index (κ2) is 11.0. The molecule has 2 aliphatic rings. The number of hydrogen-bond acceptors (Lipinski definition) is 7. The monoisotopic (exact) mass is 548 g/mol. The van der Waals surface area contributed by atoms with Crippen molar-refractivity contribution in [3.63, 3.8) is 0 Å². The smallest absolute Gasteiger partial charge is 0.261 e. The largest absolute Gasteiger partial charge is 0.492 e. The van der Waals surface area contributed by atoms with E-state index < -0.39 is 23.6 Å². The average molecular weight is 549 g/mol. The highest BCUT2D eigenvalue weighted by molar-refractivity contribution is 6.22. The summed E-state index contributed by atoms with van der Waals surface area (Å²) >= 11 is 0. The minimum Gasteiger partial charge on any atom is -0.492 e. The van der Waals surface area contributed by atoms with E-state index in [1.54, 1.807) is 48.5 Å². The Morgan fingerprint density at radius 1 is 0.439 bits per heavy atom. The third kappa shape index (κ3) is 5.12. The summed E-state index contributed by atoms with van der Waals surface area (Å²) in [5.41, 5.74) is 1.02. The first-order valence-corrected chi connectivity index (χ1v) is 13.0. The fourth-order valence-electron chi connectivity index (χ4n) is 4.75. The molecule has 0 unspecified atom stereocenters. The van der Waals surface area contributed by atoms with E-state index in [0.29, 0.717) is 23.0 Å². The Hall–Kier alpha value is -5.44. The van der Waals surface area contributed by atoms with Gasteiger partial charge in [-0.05, 0) is 60.7 Å². The molecular formula is C32H24N2O7. The predicted octanol–water partition coefficient (Wildman–Crippen LogP) is 4.83. The van der Waals surface area contributed by atoms with E-state index in [1.165, 1.54) is 12.1 Å². The molecule has 204 valence electrons. The lowest BCUT2D eigenvalue weighted by atomic mass is 10.1. The first-order valence-electron chi connectivity index (χ1n) is 13.0. The summed E-state index contributed by atoms with van der Waals surface area (Å²) in [5, 5.41) is 0. The number of amides is 4. The number of fused-ring (bicyclic) bond motifs is 2. The average Bonchev–Trinajstić information content (AvgIpc) is 3.38. The van der Waals surface area contributed by atoms with Crippen LogP contribution in [0.3, 0.4) is 0 Å². The highest BCUT2D eigenvalue weighted by Crippen LogP contribution is 2.32. The van der Waals surface area contributed by atoms with Crippen LogP contribution < -0.4 is 14.2 Å². The molecule has 2 aliphatic heterocycles. The summed E-state index contributed by atoms with van der Waals surface area (Å²) in [4.78, 5) is 53.9. The Bertz CT molecular complexity index is 1530. The normalized spacial score (nSPS) is 13.9. The van der Waals surface area contributed by atoms with Crippen LogP contribution in [0.15, 0.2) is 97.1 Å². The van der Waals surface area contributed by atoms with E-state index in [0.717, 1.165) is 9.80 Å². The molecule has 0 saturated carbocycles. The number of carbonyl (C=O) groups excluding carboxylic acids is 4. The van der Waals surface area contributed by atoms with E-state index in [9.17, 15) is 19.2 Å². The van der Waals surface area contributed by atoms with Gasteiger partial charge in [-0.15, -0.1) is 0 Å². The molecule has 0 fully saturated rings. The number of para-hydroxylation sites is 2. The van der Waals surface area contributed by atoms with E-state index in [2.05, 4.69) is 0 Å². The number of carbonyl (C=O) groups is 4. The first-order chi connectivity index (χ1) is 20.0. The minimum absolute atomic E-state index is 0.102. The van der Waals surface area contributed by atoms with Crippen molar-refractivity contribution < 1.29 is 33.4 Å². The summed E-state index contributed by atoms with van der Waals surface area (Å²) in [6.07, 6.45) is 0. The lowest BCUT2D eigenvalue weighted by Gasteiger charge is -2.14. The van der Waals surface area contributed by atoms with Crippen LogP contribution in [0.2, 0.25) is 0 Å². The molecule has 9 heteroatoms. The van der Waals surface area contributed by atoms with Gasteiger partial charge in [-0.2, -0.15) is 0 Å². The number of hydrogen-bond donors (Lipinski definition) is 0. The van der Waals surface area contributed by atoms with Gasteiger partial charge in [0.25, 0.3) is 23.6 Å². The number of benzene rings is 4. The molecule has 0 radical (unpaired) electrons. The van der Waals surface area contributed by atoms with Crippen molar-refractivity contribution >= 4 is 23.6 Å². The topological polar surface area (TPSA) is 102 Å². The van der Waals surface area contributed by atoms with E-state index in [4.69, 9.17) is 14.2 Å². The number of ether oxygens (including phenoxy) is 3. The molecule has 2 heterocycles. The van der Waals surface area contributed by atoms with Crippen LogP contribution >= 0.6 is 0 Å². The Kier molecular flexibility index (Phi) is 6.91. The van der Waals surface area contributed by atoms with E-state index in [-0.39, 0.29) is 48.6 Å². The Morgan fingerprint density at radius 3 is 1.24 bits per heavy atom. The molecule has 0 aliphatic carbocycles. The molecule has 0 N–H and O–H groups in total. The molecule has 0 atom stereocenters. The van der Waals surface area contributed by atoms with Crippen molar-refractivity contribution in [2.75, 3.05) is 26.3 Å². The van der Waals surface area contributed by atoms with Crippen LogP contribution in [0.1, 0.15) is 41.4 Å². The Balaban J connectivity index is 1.10. The molecule has 4 amide bonds. The lowest BCUT2D eigenvalue weighted by Crippen LogP contribution is -2.33. The summed E-state index contributed by atoms with van der Waals surface area (Å²) in [6.45, 7) is 0.531. The maximum atomic E-state index is 13.0. The van der Waals surface area contributed by atoms with Crippen molar-refractivity contribution in [3.05, 3.63) is 119 Å². The maximum absolute atomic E-state index is 13.0. The number of imide groups is 2. The zero-order valence-electron chi connectivity index (χ0n) is 21.8. The first kappa shape index (κ1) is 25.8. The number of rotatable bonds is 10. The van der Waals surface area contributed by atoms with E-state index >= 15 is 0 Å². The van der Waals surface area contributed by atoms with Crippen LogP contribution in [0.5, 0.6) is 23.0 Å². The zero-order chi connectivity index (χ0) is 28.3. The molecule has 6 rings (SSSR count). The fraction of sp³-hybridized carbons (Fsp3) is 0.125. The fourth-order valence-corrected chi connectivity index (χ4v) is 4.75. The standard InChI is InChI=1S/C32H24N2O7/c35-29-25-13-11-23(19-27(25)31(37)33(29)15-17-39-21-7-3-1-4-8-21)41-24-12-14-26-28(20-24)32(38)34(30(26)36)16-18-40-22-9-5-2-6-10-22/h1-14,19-20H,15-18H2. The molecule has 0 spiro atoms. The molecule has 41 heavy (non-hydrogen) atoms. The highest BCUT2D eigenvalue weighted by Gasteiger charge is 2.37. The summed E-state index contributed by atoms with van der Waals surface area (Å²) in [6, 6.07) is 27.5. The van der Waals surface area contributed by atoms with Gasteiger partial charge in [-0.25, -0.2) is 0 Å². The molecular weight excluding hydrogens is 524 g/mol. The van der Waals surface area contributed by atoms with Gasteiger partial charge in [0.1, 0.15) is 36.2 Å². The van der Waals surface area contributed by atoms with Crippen molar-refractivity contribution in [2.45, 2.75) is 0 Å². The molecule has 0 bridgehead atoms. The Labute approximate surface area is 235 Å². The molecule has 9 nitrogen and oxygen atoms in total. The third-order valence-electron chi connectivity index (χ3n) is 6.77. The highest BCUT2D eigenvalue weighted by atomic mass is 16.5. The SMILES string of the molecule is O=C1c2ccc(Oc3ccc4c(c3)C(=O)N(CCOc3ccccc3)C4=O)cc2C(=O)N1CCOc1ccccc1. The summed E-state index contributed by atoms with van der Waals surface area (Å²) < 4.78 is 17.2. The Morgan fingerprint density at radius 2 is 0.829 bits per heavy atom. The van der Waals surface area contributed by atoms with Crippen molar-refractivity contribution in [2.24, 2.45) is 0 Å². The van der Waals surface area contributed by atoms with Gasteiger partial charge >= 0.3 is 0 Å². The molecule has 4 aromatic carbocycles. The third-order valence-corrected chi connectivity index (χ3v) is 6.77. The van der Waals surface area contributed by atoms with E-state index in [1.807, 2.05) is 36.4 Å². The minimum atomic E-state index is -0.435. The van der Waals surface area contributed by atoms with Gasteiger partial charge in [0.15, 0.2) is 0 Å². The van der Waals surface area contributed by atoms with Crippen LogP contribution in [-0.2, 0) is 0 Å². The van der Waals surface area contributed by atoms with Crippen molar-refractivity contribution in [1.82, 2.24) is 9.80 Å². The zero-order valence-corrected chi connectivity index (χ0v) is 21.8. The van der Waals surface area contributed by atoms with Crippen LogP contribution in [0, 0.1) is 0 Å². The van der Waals surface area contributed by atoms with Crippen LogP contribution in [-0.4, -0.2) is 59.7 Å². The van der Waals surface area contributed by atoms with Crippen molar-refractivity contribution in [1.29, 1.82) is 0 Å². The van der Waals surface area contributed by atoms with Crippen LogP contribution in [0.4, 0.5) is 0 Å². The van der Waals surface area contributed by atoms with Gasteiger partial charge in [0.05, 0.1) is 35.3 Å². The van der Waals surface area contributed by atoms with Gasteiger partial charge in [0.2, 0.25) is 0 Å². The summed E-state index contributed by atoms with van der Waals surface area (Å²) in [5.74, 6) is 0.271. The lowest BCUT2D eigenvalue weighted by molar-refractivity contribution is 0.0617. The second-order valence-electron chi connectivity index (χ2n) is 9.36. The van der Waals surface area contributed by atoms with Crippen molar-refractivity contribution in [3.8, 4) is 23.0 Å². The number of nitrogens with zero attached hydrogens (tertiary/aromatic N) is 2. The molecule has 4 aromatic rings. The molecule has 0 aromatic heterocycles.